The maximum absolute atomic E-state index is 13.5. The number of hydrogen-bond donors (Lipinski definition) is 1. The van der Waals surface area contributed by atoms with Crippen molar-refractivity contribution in [2.75, 3.05) is 4.72 Å². The molecule has 0 aliphatic carbocycles. The third kappa shape index (κ3) is 2.65. The molecule has 0 aliphatic heterocycles. The number of sulfonamides is 1. The van der Waals surface area contributed by atoms with Gasteiger partial charge in [0, 0.05) is 0 Å². The summed E-state index contributed by atoms with van der Waals surface area (Å²) in [6.45, 7) is 1.74. The van der Waals surface area contributed by atoms with E-state index < -0.39 is 15.8 Å². The minimum Gasteiger partial charge on any atom is -0.276 e. The van der Waals surface area contributed by atoms with E-state index in [0.717, 1.165) is 16.9 Å². The molecule has 0 bridgehead atoms. The lowest BCUT2D eigenvalue weighted by atomic mass is 10.2. The Balaban J connectivity index is 2.33. The Kier molecular flexibility index (Phi) is 3.17. The van der Waals surface area contributed by atoms with Crippen LogP contribution in [-0.4, -0.2) is 8.42 Å². The zero-order valence-electron chi connectivity index (χ0n) is 8.98. The molecule has 2 aromatic rings. The summed E-state index contributed by atoms with van der Waals surface area (Å²) in [5.41, 5.74) is 0.700. The van der Waals surface area contributed by atoms with Crippen molar-refractivity contribution < 1.29 is 12.8 Å². The van der Waals surface area contributed by atoms with Gasteiger partial charge in [-0.25, -0.2) is 12.8 Å². The summed E-state index contributed by atoms with van der Waals surface area (Å²) in [7, 11) is -3.68. The molecule has 0 saturated heterocycles. The smallest absolute Gasteiger partial charge is 0.271 e. The molecule has 0 amide bonds. The quantitative estimate of drug-likeness (QED) is 0.932. The molecular weight excluding hydrogens is 261 g/mol. The van der Waals surface area contributed by atoms with Crippen LogP contribution in [0, 0.1) is 12.7 Å². The van der Waals surface area contributed by atoms with E-state index in [9.17, 15) is 12.8 Å². The van der Waals surface area contributed by atoms with Crippen molar-refractivity contribution >= 4 is 27.0 Å². The van der Waals surface area contributed by atoms with Crippen molar-refractivity contribution in [3.63, 3.8) is 0 Å². The Bertz CT molecular complexity index is 621. The molecule has 0 radical (unpaired) electrons. The van der Waals surface area contributed by atoms with Gasteiger partial charge in [0.25, 0.3) is 10.0 Å². The van der Waals surface area contributed by atoms with E-state index in [2.05, 4.69) is 4.72 Å². The predicted molar refractivity (Wildman–Crippen MR) is 66.3 cm³/mol. The number of aryl methyl sites for hydroxylation is 1. The van der Waals surface area contributed by atoms with Gasteiger partial charge < -0.3 is 0 Å². The van der Waals surface area contributed by atoms with E-state index in [1.54, 1.807) is 24.4 Å². The van der Waals surface area contributed by atoms with Crippen LogP contribution in [0.3, 0.4) is 0 Å². The molecule has 17 heavy (non-hydrogen) atoms. The van der Waals surface area contributed by atoms with Crippen molar-refractivity contribution in [2.45, 2.75) is 11.1 Å². The zero-order valence-corrected chi connectivity index (χ0v) is 10.6. The van der Waals surface area contributed by atoms with E-state index in [1.807, 2.05) is 0 Å². The summed E-state index contributed by atoms with van der Waals surface area (Å²) in [6.07, 6.45) is 0. The van der Waals surface area contributed by atoms with Gasteiger partial charge in [0.05, 0.1) is 5.69 Å². The highest BCUT2D eigenvalue weighted by Gasteiger charge is 2.16. The number of rotatable bonds is 3. The van der Waals surface area contributed by atoms with E-state index in [0.29, 0.717) is 0 Å². The molecule has 0 fully saturated rings. The summed E-state index contributed by atoms with van der Waals surface area (Å²) < 4.78 is 39.6. The van der Waals surface area contributed by atoms with Gasteiger partial charge in [-0.15, -0.1) is 11.3 Å². The van der Waals surface area contributed by atoms with Gasteiger partial charge in [0.15, 0.2) is 0 Å². The van der Waals surface area contributed by atoms with Crippen LogP contribution in [0.25, 0.3) is 0 Å². The van der Waals surface area contributed by atoms with Crippen LogP contribution in [0.15, 0.2) is 39.9 Å². The first-order valence-electron chi connectivity index (χ1n) is 4.81. The van der Waals surface area contributed by atoms with Gasteiger partial charge in [-0.1, -0.05) is 12.1 Å². The number of hydrogen-bond acceptors (Lipinski definition) is 3. The fraction of sp³-hybridized carbons (Fsp3) is 0.0909. The molecule has 0 spiro atoms. The normalized spacial score (nSPS) is 11.4. The standard InChI is InChI=1S/C11H10FNO2S2/c1-8-4-5-10(9(12)7-8)13-17(14,15)11-3-2-6-16-11/h2-7,13H,1H3. The second kappa shape index (κ2) is 4.46. The van der Waals surface area contributed by atoms with Crippen molar-refractivity contribution in [1.82, 2.24) is 0 Å². The molecular formula is C11H10FNO2S2. The molecule has 0 aliphatic rings. The SMILES string of the molecule is Cc1ccc(NS(=O)(=O)c2cccs2)c(F)c1. The van der Waals surface area contributed by atoms with E-state index >= 15 is 0 Å². The van der Waals surface area contributed by atoms with Gasteiger partial charge in [0.2, 0.25) is 0 Å². The van der Waals surface area contributed by atoms with Crippen LogP contribution >= 0.6 is 11.3 Å². The maximum Gasteiger partial charge on any atom is 0.271 e. The molecule has 1 N–H and O–H groups in total. The summed E-state index contributed by atoms with van der Waals surface area (Å²) in [4.78, 5) is 0. The lowest BCUT2D eigenvalue weighted by Crippen LogP contribution is -2.12. The summed E-state index contributed by atoms with van der Waals surface area (Å²) in [5.74, 6) is -0.579. The first kappa shape index (κ1) is 12.1. The summed E-state index contributed by atoms with van der Waals surface area (Å²) >= 11 is 1.09. The van der Waals surface area contributed by atoms with Crippen molar-refractivity contribution in [2.24, 2.45) is 0 Å². The molecule has 1 aromatic heterocycles. The Morgan fingerprint density at radius 2 is 2.06 bits per heavy atom. The monoisotopic (exact) mass is 271 g/mol. The van der Waals surface area contributed by atoms with E-state index in [-0.39, 0.29) is 9.90 Å². The third-order valence-corrected chi connectivity index (χ3v) is 4.89. The Morgan fingerprint density at radius 3 is 2.65 bits per heavy atom. The van der Waals surface area contributed by atoms with E-state index in [1.165, 1.54) is 18.2 Å². The first-order chi connectivity index (χ1) is 7.99. The first-order valence-corrected chi connectivity index (χ1v) is 7.18. The van der Waals surface area contributed by atoms with Gasteiger partial charge >= 0.3 is 0 Å². The van der Waals surface area contributed by atoms with Gasteiger partial charge in [-0.2, -0.15) is 0 Å². The molecule has 6 heteroatoms. The second-order valence-corrected chi connectivity index (χ2v) is 6.38. The van der Waals surface area contributed by atoms with Gasteiger partial charge in [-0.3, -0.25) is 4.72 Å². The fourth-order valence-electron chi connectivity index (χ4n) is 1.31. The lowest BCUT2D eigenvalue weighted by Gasteiger charge is -2.07. The minimum atomic E-state index is -3.68. The Labute approximate surface area is 103 Å². The number of halogens is 1. The minimum absolute atomic E-state index is 0.0380. The van der Waals surface area contributed by atoms with Crippen molar-refractivity contribution in [1.29, 1.82) is 0 Å². The number of anilines is 1. The average molecular weight is 271 g/mol. The number of nitrogens with one attached hydrogen (secondary N) is 1. The zero-order chi connectivity index (χ0) is 12.5. The van der Waals surface area contributed by atoms with Crippen LogP contribution in [0.5, 0.6) is 0 Å². The molecule has 1 aromatic carbocycles. The predicted octanol–water partition coefficient (Wildman–Crippen LogP) is 3.00. The highest BCUT2D eigenvalue weighted by molar-refractivity contribution is 7.94. The molecule has 2 rings (SSSR count). The lowest BCUT2D eigenvalue weighted by molar-refractivity contribution is 0.600. The summed E-state index contributed by atoms with van der Waals surface area (Å²) in [5, 5.41) is 1.65. The number of thiophene rings is 1. The Morgan fingerprint density at radius 1 is 1.29 bits per heavy atom. The van der Waals surface area contributed by atoms with Crippen LogP contribution < -0.4 is 4.72 Å². The van der Waals surface area contributed by atoms with Crippen LogP contribution in [0.1, 0.15) is 5.56 Å². The maximum atomic E-state index is 13.5. The molecule has 3 nitrogen and oxygen atoms in total. The van der Waals surface area contributed by atoms with Crippen molar-refractivity contribution in [3.05, 3.63) is 47.1 Å². The van der Waals surface area contributed by atoms with Crippen molar-refractivity contribution in [3.8, 4) is 0 Å². The molecule has 0 saturated carbocycles. The highest BCUT2D eigenvalue weighted by atomic mass is 32.2. The fourth-order valence-corrected chi connectivity index (χ4v) is 3.37. The Hall–Kier alpha value is -1.40. The summed E-state index contributed by atoms with van der Waals surface area (Å²) in [6, 6.07) is 7.45. The van der Waals surface area contributed by atoms with Crippen LogP contribution in [-0.2, 0) is 10.0 Å². The second-order valence-electron chi connectivity index (χ2n) is 3.52. The van der Waals surface area contributed by atoms with Crippen LogP contribution in [0.4, 0.5) is 10.1 Å². The van der Waals surface area contributed by atoms with Gasteiger partial charge in [-0.05, 0) is 36.1 Å². The van der Waals surface area contributed by atoms with Crippen LogP contribution in [0.2, 0.25) is 0 Å². The molecule has 0 unspecified atom stereocenters. The van der Waals surface area contributed by atoms with Gasteiger partial charge in [0.1, 0.15) is 10.0 Å². The molecule has 0 atom stereocenters. The highest BCUT2D eigenvalue weighted by Crippen LogP contribution is 2.22. The number of benzene rings is 1. The average Bonchev–Trinajstić information content (AvgIpc) is 2.76. The molecule has 1 heterocycles. The largest absolute Gasteiger partial charge is 0.276 e. The van der Waals surface area contributed by atoms with E-state index in [4.69, 9.17) is 0 Å². The molecule has 90 valence electrons. The third-order valence-electron chi connectivity index (χ3n) is 2.13. The topological polar surface area (TPSA) is 46.2 Å².